The Bertz CT molecular complexity index is 496. The predicted octanol–water partition coefficient (Wildman–Crippen LogP) is 3.07. The minimum atomic E-state index is 0.544. The summed E-state index contributed by atoms with van der Waals surface area (Å²) < 4.78 is 6.24. The van der Waals surface area contributed by atoms with E-state index in [1.807, 2.05) is 24.3 Å². The fraction of sp³-hybridized carbons (Fsp3) is 0.167. The van der Waals surface area contributed by atoms with E-state index in [1.165, 1.54) is 5.39 Å². The lowest BCUT2D eigenvalue weighted by molar-refractivity contribution is 0.415. The number of nitrogens with two attached hydrogens (primary N) is 1. The molecule has 0 aromatic heterocycles. The Kier molecular flexibility index (Phi) is 2.93. The Morgan fingerprint density at radius 2 is 2.13 bits per heavy atom. The summed E-state index contributed by atoms with van der Waals surface area (Å²) in [6, 6.07) is 10.1. The van der Waals surface area contributed by atoms with E-state index in [2.05, 4.69) is 22.0 Å². The molecule has 0 amide bonds. The van der Waals surface area contributed by atoms with Crippen LogP contribution >= 0.6 is 15.9 Å². The molecule has 0 unspecified atom stereocenters. The second-order valence-corrected chi connectivity index (χ2v) is 4.18. The van der Waals surface area contributed by atoms with Crippen LogP contribution in [0.1, 0.15) is 5.56 Å². The van der Waals surface area contributed by atoms with Crippen molar-refractivity contribution in [1.82, 2.24) is 0 Å². The lowest BCUT2D eigenvalue weighted by Crippen LogP contribution is -1.97. The molecule has 0 aliphatic carbocycles. The van der Waals surface area contributed by atoms with Crippen LogP contribution in [0.3, 0.4) is 0 Å². The van der Waals surface area contributed by atoms with Crippen molar-refractivity contribution in [2.45, 2.75) is 6.54 Å². The molecule has 0 aliphatic heterocycles. The van der Waals surface area contributed by atoms with Gasteiger partial charge >= 0.3 is 0 Å². The molecular weight excluding hydrogens is 254 g/mol. The zero-order valence-corrected chi connectivity index (χ0v) is 10.0. The SMILES string of the molecule is COc1cc(Br)c2c(CN)cccc2c1. The minimum absolute atomic E-state index is 0.544. The van der Waals surface area contributed by atoms with E-state index < -0.39 is 0 Å². The Balaban J connectivity index is 2.78. The van der Waals surface area contributed by atoms with Gasteiger partial charge in [0.1, 0.15) is 5.75 Å². The van der Waals surface area contributed by atoms with Crippen molar-refractivity contribution >= 4 is 26.7 Å². The third-order valence-electron chi connectivity index (χ3n) is 2.44. The number of rotatable bonds is 2. The summed E-state index contributed by atoms with van der Waals surface area (Å²) in [7, 11) is 1.67. The maximum atomic E-state index is 5.70. The minimum Gasteiger partial charge on any atom is -0.497 e. The normalized spacial score (nSPS) is 10.6. The molecule has 78 valence electrons. The first-order valence-corrected chi connectivity index (χ1v) is 5.50. The molecule has 15 heavy (non-hydrogen) atoms. The van der Waals surface area contributed by atoms with Crippen molar-refractivity contribution in [2.24, 2.45) is 5.73 Å². The van der Waals surface area contributed by atoms with Crippen molar-refractivity contribution in [3.63, 3.8) is 0 Å². The topological polar surface area (TPSA) is 35.2 Å². The van der Waals surface area contributed by atoms with Gasteiger partial charge in [0, 0.05) is 16.4 Å². The number of methoxy groups -OCH3 is 1. The van der Waals surface area contributed by atoms with Gasteiger partial charge in [0.05, 0.1) is 7.11 Å². The first-order chi connectivity index (χ1) is 7.26. The summed E-state index contributed by atoms with van der Waals surface area (Å²) in [5.41, 5.74) is 6.84. The molecule has 2 aromatic carbocycles. The number of halogens is 1. The van der Waals surface area contributed by atoms with Crippen LogP contribution in [-0.4, -0.2) is 7.11 Å². The van der Waals surface area contributed by atoms with E-state index in [0.717, 1.165) is 21.2 Å². The predicted molar refractivity (Wildman–Crippen MR) is 66.1 cm³/mol. The van der Waals surface area contributed by atoms with Crippen LogP contribution in [0.5, 0.6) is 5.75 Å². The Morgan fingerprint density at radius 1 is 1.33 bits per heavy atom. The number of benzene rings is 2. The Morgan fingerprint density at radius 3 is 2.80 bits per heavy atom. The molecule has 0 saturated heterocycles. The molecule has 0 fully saturated rings. The Hall–Kier alpha value is -1.06. The first-order valence-electron chi connectivity index (χ1n) is 4.71. The number of ether oxygens (including phenoxy) is 1. The molecule has 0 saturated carbocycles. The van der Waals surface area contributed by atoms with E-state index >= 15 is 0 Å². The molecule has 3 heteroatoms. The van der Waals surface area contributed by atoms with Gasteiger partial charge < -0.3 is 10.5 Å². The summed E-state index contributed by atoms with van der Waals surface area (Å²) >= 11 is 3.54. The van der Waals surface area contributed by atoms with Gasteiger partial charge in [-0.3, -0.25) is 0 Å². The number of hydrogen-bond donors (Lipinski definition) is 1. The van der Waals surface area contributed by atoms with Crippen LogP contribution in [-0.2, 0) is 6.54 Å². The second-order valence-electron chi connectivity index (χ2n) is 3.33. The quantitative estimate of drug-likeness (QED) is 0.906. The van der Waals surface area contributed by atoms with Gasteiger partial charge in [-0.05, 0) is 23.1 Å². The van der Waals surface area contributed by atoms with Gasteiger partial charge in [0.15, 0.2) is 0 Å². The molecule has 2 nitrogen and oxygen atoms in total. The summed E-state index contributed by atoms with van der Waals surface area (Å²) in [6.45, 7) is 0.544. The van der Waals surface area contributed by atoms with Crippen molar-refractivity contribution in [3.8, 4) is 5.75 Å². The van der Waals surface area contributed by atoms with Gasteiger partial charge in [-0.15, -0.1) is 0 Å². The van der Waals surface area contributed by atoms with Gasteiger partial charge in [0.2, 0.25) is 0 Å². The van der Waals surface area contributed by atoms with Crippen molar-refractivity contribution < 1.29 is 4.74 Å². The molecule has 0 radical (unpaired) electrons. The standard InChI is InChI=1S/C12H12BrNO/c1-15-10-5-8-3-2-4-9(7-14)12(8)11(13)6-10/h2-6H,7,14H2,1H3. The largest absolute Gasteiger partial charge is 0.497 e. The fourth-order valence-electron chi connectivity index (χ4n) is 1.71. The van der Waals surface area contributed by atoms with E-state index in [0.29, 0.717) is 6.54 Å². The van der Waals surface area contributed by atoms with Crippen LogP contribution in [0, 0.1) is 0 Å². The molecule has 0 atom stereocenters. The zero-order valence-electron chi connectivity index (χ0n) is 8.46. The molecule has 2 aromatic rings. The van der Waals surface area contributed by atoms with E-state index in [1.54, 1.807) is 7.11 Å². The number of fused-ring (bicyclic) bond motifs is 1. The molecule has 0 heterocycles. The van der Waals surface area contributed by atoms with E-state index in [4.69, 9.17) is 10.5 Å². The maximum absolute atomic E-state index is 5.70. The first kappa shape index (κ1) is 10.5. The molecular formula is C12H12BrNO. The van der Waals surface area contributed by atoms with Crippen LogP contribution in [0.25, 0.3) is 10.8 Å². The van der Waals surface area contributed by atoms with Crippen molar-refractivity contribution in [2.75, 3.05) is 7.11 Å². The highest BCUT2D eigenvalue weighted by atomic mass is 79.9. The summed E-state index contributed by atoms with van der Waals surface area (Å²) in [5, 5.41) is 2.31. The number of hydrogen-bond acceptors (Lipinski definition) is 2. The summed E-state index contributed by atoms with van der Waals surface area (Å²) in [6.07, 6.45) is 0. The third kappa shape index (κ3) is 1.85. The highest BCUT2D eigenvalue weighted by Crippen LogP contribution is 2.31. The van der Waals surface area contributed by atoms with Crippen LogP contribution in [0.15, 0.2) is 34.8 Å². The van der Waals surface area contributed by atoms with Crippen LogP contribution < -0.4 is 10.5 Å². The smallest absolute Gasteiger partial charge is 0.120 e. The average Bonchev–Trinajstić information content (AvgIpc) is 2.27. The van der Waals surface area contributed by atoms with Gasteiger partial charge in [-0.25, -0.2) is 0 Å². The second kappa shape index (κ2) is 4.21. The Labute approximate surface area is 97.2 Å². The monoisotopic (exact) mass is 265 g/mol. The van der Waals surface area contributed by atoms with Gasteiger partial charge in [-0.1, -0.05) is 34.1 Å². The molecule has 0 aliphatic rings. The average molecular weight is 266 g/mol. The fourth-order valence-corrected chi connectivity index (χ4v) is 2.42. The van der Waals surface area contributed by atoms with E-state index in [9.17, 15) is 0 Å². The van der Waals surface area contributed by atoms with Crippen LogP contribution in [0.4, 0.5) is 0 Å². The zero-order chi connectivity index (χ0) is 10.8. The lowest BCUT2D eigenvalue weighted by atomic mass is 10.0. The lowest BCUT2D eigenvalue weighted by Gasteiger charge is -2.08. The van der Waals surface area contributed by atoms with E-state index in [-0.39, 0.29) is 0 Å². The van der Waals surface area contributed by atoms with Crippen LogP contribution in [0.2, 0.25) is 0 Å². The summed E-state index contributed by atoms with van der Waals surface area (Å²) in [4.78, 5) is 0. The van der Waals surface area contributed by atoms with Gasteiger partial charge in [-0.2, -0.15) is 0 Å². The maximum Gasteiger partial charge on any atom is 0.120 e. The van der Waals surface area contributed by atoms with Crippen molar-refractivity contribution in [1.29, 1.82) is 0 Å². The summed E-state index contributed by atoms with van der Waals surface area (Å²) in [5.74, 6) is 0.851. The molecule has 2 rings (SSSR count). The highest BCUT2D eigenvalue weighted by Gasteiger charge is 2.05. The molecule has 2 N–H and O–H groups in total. The molecule has 0 spiro atoms. The molecule has 0 bridgehead atoms. The van der Waals surface area contributed by atoms with Gasteiger partial charge in [0.25, 0.3) is 0 Å². The highest BCUT2D eigenvalue weighted by molar-refractivity contribution is 9.10. The van der Waals surface area contributed by atoms with Crippen molar-refractivity contribution in [3.05, 3.63) is 40.4 Å². The third-order valence-corrected chi connectivity index (χ3v) is 3.07.